The highest BCUT2D eigenvalue weighted by Crippen LogP contribution is 2.74. The summed E-state index contributed by atoms with van der Waals surface area (Å²) in [6, 6.07) is 47.8. The molecule has 1 heterocycles. The Balaban J connectivity index is 1.44. The Bertz CT molecular complexity index is 2270. The molecule has 0 aromatic heterocycles. The number of ketones is 1. The summed E-state index contributed by atoms with van der Waals surface area (Å²) >= 11 is 0. The standard InChI is InChI=1S/C45H33NO5/c1-50-33-24-20-29(21-25-33)37-38(30-22-26-34(51-2)27-23-30)45(32-16-7-4-8-17-32)40-39(44(37,43(45)49)31-14-5-3-6-15-31)41(47)46(42(40)48)36-19-11-13-28-12-9-10-18-35(28)36/h3-27,39-40H,1-2H3/t39-,40+,44-,45-/m1/s1. The Hall–Kier alpha value is -6.27. The van der Waals surface area contributed by atoms with Gasteiger partial charge in [-0.15, -0.1) is 0 Å². The first-order chi connectivity index (χ1) is 25.0. The number of imide groups is 1. The van der Waals surface area contributed by atoms with Gasteiger partial charge in [0.15, 0.2) is 5.78 Å². The van der Waals surface area contributed by atoms with Crippen LogP contribution < -0.4 is 14.4 Å². The van der Waals surface area contributed by atoms with E-state index < -0.39 is 22.7 Å². The first-order valence-corrected chi connectivity index (χ1v) is 17.0. The van der Waals surface area contributed by atoms with Gasteiger partial charge in [-0.05, 0) is 69.1 Å². The quantitative estimate of drug-likeness (QED) is 0.161. The minimum Gasteiger partial charge on any atom is -0.497 e. The van der Waals surface area contributed by atoms with Crippen LogP contribution in [0.5, 0.6) is 11.5 Å². The third kappa shape index (κ3) is 3.96. The number of benzene rings is 6. The van der Waals surface area contributed by atoms with Crippen molar-refractivity contribution in [2.45, 2.75) is 10.8 Å². The van der Waals surface area contributed by atoms with Crippen molar-refractivity contribution >= 4 is 45.2 Å². The fourth-order valence-corrected chi connectivity index (χ4v) is 9.28. The average molecular weight is 668 g/mol. The molecule has 51 heavy (non-hydrogen) atoms. The highest BCUT2D eigenvalue weighted by molar-refractivity contribution is 6.39. The number of carbonyl (C=O) groups excluding carboxylic acids is 3. The molecule has 3 aliphatic rings. The maximum atomic E-state index is 16.2. The van der Waals surface area contributed by atoms with Gasteiger partial charge in [0, 0.05) is 5.39 Å². The summed E-state index contributed by atoms with van der Waals surface area (Å²) in [7, 11) is 3.23. The number of carbonyl (C=O) groups is 3. The topological polar surface area (TPSA) is 72.9 Å². The van der Waals surface area contributed by atoms with Crippen molar-refractivity contribution in [3.8, 4) is 11.5 Å². The lowest BCUT2D eigenvalue weighted by atomic mass is 9.59. The van der Waals surface area contributed by atoms with E-state index in [2.05, 4.69) is 0 Å². The molecule has 4 atom stereocenters. The second kappa shape index (κ2) is 11.4. The van der Waals surface area contributed by atoms with Gasteiger partial charge in [-0.25, -0.2) is 4.90 Å². The molecule has 2 amide bonds. The normalized spacial score (nSPS) is 23.6. The van der Waals surface area contributed by atoms with Crippen LogP contribution >= 0.6 is 0 Å². The van der Waals surface area contributed by atoms with Crippen LogP contribution in [0.2, 0.25) is 0 Å². The number of allylic oxidation sites excluding steroid dienone is 2. The van der Waals surface area contributed by atoms with E-state index in [9.17, 15) is 0 Å². The number of rotatable bonds is 7. The lowest BCUT2D eigenvalue weighted by Crippen LogP contribution is -2.45. The first-order valence-electron chi connectivity index (χ1n) is 17.0. The van der Waals surface area contributed by atoms with E-state index in [1.54, 1.807) is 14.2 Å². The number of Topliss-reactive ketones (excluding diaryl/α,β-unsaturated/α-hetero) is 1. The van der Waals surface area contributed by atoms with Gasteiger partial charge in [0.2, 0.25) is 11.8 Å². The molecule has 6 aromatic rings. The van der Waals surface area contributed by atoms with Crippen molar-refractivity contribution in [1.82, 2.24) is 0 Å². The summed E-state index contributed by atoms with van der Waals surface area (Å²) in [4.78, 5) is 48.4. The Morgan fingerprint density at radius 2 is 0.922 bits per heavy atom. The average Bonchev–Trinajstić information content (AvgIpc) is 3.70. The van der Waals surface area contributed by atoms with Gasteiger partial charge in [0.25, 0.3) is 0 Å². The van der Waals surface area contributed by atoms with E-state index in [-0.39, 0.29) is 17.6 Å². The minimum atomic E-state index is -1.50. The second-order valence-corrected chi connectivity index (χ2v) is 13.3. The fourth-order valence-electron chi connectivity index (χ4n) is 9.28. The van der Waals surface area contributed by atoms with Gasteiger partial charge in [-0.2, -0.15) is 0 Å². The Labute approximate surface area is 295 Å². The number of amides is 2. The molecule has 2 bridgehead atoms. The molecule has 0 radical (unpaired) electrons. The molecule has 1 saturated carbocycles. The monoisotopic (exact) mass is 667 g/mol. The Morgan fingerprint density at radius 3 is 1.39 bits per heavy atom. The number of hydrogen-bond donors (Lipinski definition) is 0. The first kappa shape index (κ1) is 30.8. The van der Waals surface area contributed by atoms with E-state index in [1.165, 1.54) is 4.90 Å². The maximum Gasteiger partial charge on any atom is 0.239 e. The molecule has 9 rings (SSSR count). The minimum absolute atomic E-state index is 0.168. The van der Waals surface area contributed by atoms with Gasteiger partial charge in [0.05, 0.1) is 42.6 Å². The summed E-state index contributed by atoms with van der Waals surface area (Å²) in [6.07, 6.45) is 0. The summed E-state index contributed by atoms with van der Waals surface area (Å²) in [6.45, 7) is 0. The largest absolute Gasteiger partial charge is 0.497 e. The van der Waals surface area contributed by atoms with E-state index in [0.29, 0.717) is 28.3 Å². The van der Waals surface area contributed by atoms with Crippen LogP contribution in [0.15, 0.2) is 152 Å². The Morgan fingerprint density at radius 1 is 0.490 bits per heavy atom. The lowest BCUT2D eigenvalue weighted by Gasteiger charge is -2.39. The summed E-state index contributed by atoms with van der Waals surface area (Å²) in [5.74, 6) is -1.63. The third-order valence-electron chi connectivity index (χ3n) is 11.2. The molecule has 0 N–H and O–H groups in total. The van der Waals surface area contributed by atoms with Crippen molar-refractivity contribution < 1.29 is 23.9 Å². The summed E-state index contributed by atoms with van der Waals surface area (Å²) in [5.41, 5.74) is 1.87. The zero-order valence-electron chi connectivity index (χ0n) is 28.1. The van der Waals surface area contributed by atoms with Gasteiger partial charge < -0.3 is 9.47 Å². The molecule has 6 nitrogen and oxygen atoms in total. The maximum absolute atomic E-state index is 16.2. The van der Waals surface area contributed by atoms with Crippen LogP contribution in [-0.4, -0.2) is 31.8 Å². The van der Waals surface area contributed by atoms with E-state index in [4.69, 9.17) is 9.47 Å². The van der Waals surface area contributed by atoms with Gasteiger partial charge >= 0.3 is 0 Å². The van der Waals surface area contributed by atoms with Crippen molar-refractivity contribution in [2.75, 3.05) is 19.1 Å². The molecule has 6 aromatic carbocycles. The van der Waals surface area contributed by atoms with Crippen molar-refractivity contribution in [3.63, 3.8) is 0 Å². The highest BCUT2D eigenvalue weighted by atomic mass is 16.5. The van der Waals surface area contributed by atoms with Crippen molar-refractivity contribution in [3.05, 3.63) is 174 Å². The molecule has 0 unspecified atom stereocenters. The molecule has 248 valence electrons. The lowest BCUT2D eigenvalue weighted by molar-refractivity contribution is -0.130. The van der Waals surface area contributed by atoms with E-state index >= 15 is 14.4 Å². The highest BCUT2D eigenvalue weighted by Gasteiger charge is 2.82. The van der Waals surface area contributed by atoms with Crippen LogP contribution in [0.4, 0.5) is 5.69 Å². The summed E-state index contributed by atoms with van der Waals surface area (Å²) < 4.78 is 11.1. The fraction of sp³-hybridized carbons (Fsp3) is 0.133. The van der Waals surface area contributed by atoms with Crippen LogP contribution in [0, 0.1) is 11.8 Å². The van der Waals surface area contributed by atoms with Gasteiger partial charge in [-0.3, -0.25) is 14.4 Å². The zero-order chi connectivity index (χ0) is 34.9. The van der Waals surface area contributed by atoms with Crippen LogP contribution in [0.25, 0.3) is 21.9 Å². The van der Waals surface area contributed by atoms with E-state index in [0.717, 1.165) is 33.0 Å². The van der Waals surface area contributed by atoms with Gasteiger partial charge in [0.1, 0.15) is 11.5 Å². The molecular weight excluding hydrogens is 634 g/mol. The van der Waals surface area contributed by atoms with Crippen LogP contribution in [-0.2, 0) is 25.2 Å². The number of hydrogen-bond acceptors (Lipinski definition) is 5. The van der Waals surface area contributed by atoms with Crippen molar-refractivity contribution in [1.29, 1.82) is 0 Å². The Kier molecular flexibility index (Phi) is 6.87. The smallest absolute Gasteiger partial charge is 0.239 e. The number of methoxy groups -OCH3 is 2. The number of nitrogens with zero attached hydrogens (tertiary/aromatic N) is 1. The molecule has 1 saturated heterocycles. The van der Waals surface area contributed by atoms with Crippen LogP contribution in [0.3, 0.4) is 0 Å². The number of fused-ring (bicyclic) bond motifs is 6. The predicted octanol–water partition coefficient (Wildman–Crippen LogP) is 8.05. The van der Waals surface area contributed by atoms with Crippen LogP contribution in [0.1, 0.15) is 22.3 Å². The second-order valence-electron chi connectivity index (χ2n) is 13.3. The predicted molar refractivity (Wildman–Crippen MR) is 197 cm³/mol. The molecule has 2 aliphatic carbocycles. The molecule has 1 aliphatic heterocycles. The van der Waals surface area contributed by atoms with Gasteiger partial charge in [-0.1, -0.05) is 121 Å². The molecule has 2 fully saturated rings. The summed E-state index contributed by atoms with van der Waals surface area (Å²) in [5, 5.41) is 1.71. The number of anilines is 1. The molecular formula is C45H33NO5. The molecule has 6 heteroatoms. The SMILES string of the molecule is COc1ccc(C2=C(c3ccc(OC)cc3)[C@@]3(c4ccccc4)C(=O)[C@@]2(c2ccccc2)[C@@H]2C(=O)N(c4cccc5ccccc45)C(=O)[C@@H]23)cc1. The zero-order valence-corrected chi connectivity index (χ0v) is 28.1. The third-order valence-corrected chi connectivity index (χ3v) is 11.2. The molecule has 0 spiro atoms. The van der Waals surface area contributed by atoms with Crippen molar-refractivity contribution in [2.24, 2.45) is 11.8 Å². The van der Waals surface area contributed by atoms with E-state index in [1.807, 2.05) is 152 Å². The number of ether oxygens (including phenoxy) is 2.